The Kier molecular flexibility index (Phi) is 4.53. The lowest BCUT2D eigenvalue weighted by atomic mass is 10.1. The summed E-state index contributed by atoms with van der Waals surface area (Å²) in [6.07, 6.45) is -0.845. The molecule has 84 valence electrons. The number of benzene rings is 1. The highest BCUT2D eigenvalue weighted by atomic mass is 35.5. The molecule has 0 heterocycles. The summed E-state index contributed by atoms with van der Waals surface area (Å²) in [5.41, 5.74) is 0.505. The Morgan fingerprint density at radius 1 is 1.27 bits per heavy atom. The number of aliphatic hydroxyl groups excluding tert-OH is 1. The van der Waals surface area contributed by atoms with E-state index in [9.17, 15) is 5.11 Å². The zero-order chi connectivity index (χ0) is 11.6. The van der Waals surface area contributed by atoms with Gasteiger partial charge in [0.15, 0.2) is 0 Å². The largest absolute Gasteiger partial charge is 0.495 e. The molecule has 0 radical (unpaired) electrons. The van der Waals surface area contributed by atoms with Gasteiger partial charge in [-0.1, -0.05) is 29.3 Å². The van der Waals surface area contributed by atoms with Gasteiger partial charge in [0.1, 0.15) is 10.8 Å². The Labute approximate surface area is 104 Å². The van der Waals surface area contributed by atoms with Crippen molar-refractivity contribution >= 4 is 34.8 Å². The Balaban J connectivity index is 3.17. The van der Waals surface area contributed by atoms with E-state index in [-0.39, 0.29) is 10.0 Å². The van der Waals surface area contributed by atoms with E-state index in [1.807, 2.05) is 0 Å². The molecule has 0 amide bonds. The second-order valence-corrected chi connectivity index (χ2v) is 4.55. The molecule has 15 heavy (non-hydrogen) atoms. The fraction of sp³-hybridized carbons (Fsp3) is 0.400. The molecule has 5 heteroatoms. The second-order valence-electron chi connectivity index (χ2n) is 3.11. The maximum absolute atomic E-state index is 9.75. The van der Waals surface area contributed by atoms with Gasteiger partial charge >= 0.3 is 0 Å². The van der Waals surface area contributed by atoms with Gasteiger partial charge in [-0.3, -0.25) is 0 Å². The van der Waals surface area contributed by atoms with Gasteiger partial charge in [0.2, 0.25) is 0 Å². The normalized spacial score (nSPS) is 14.8. The van der Waals surface area contributed by atoms with Gasteiger partial charge < -0.3 is 9.84 Å². The van der Waals surface area contributed by atoms with E-state index >= 15 is 0 Å². The summed E-state index contributed by atoms with van der Waals surface area (Å²) in [4.78, 5) is 0. The summed E-state index contributed by atoms with van der Waals surface area (Å²) < 4.78 is 4.99. The molecule has 1 aromatic rings. The molecule has 0 bridgehead atoms. The van der Waals surface area contributed by atoms with Crippen molar-refractivity contribution in [3.8, 4) is 5.75 Å². The summed E-state index contributed by atoms with van der Waals surface area (Å²) in [5.74, 6) is 0.472. The van der Waals surface area contributed by atoms with Crippen molar-refractivity contribution in [1.29, 1.82) is 0 Å². The summed E-state index contributed by atoms with van der Waals surface area (Å²) in [6.45, 7) is 1.68. The highest BCUT2D eigenvalue weighted by molar-refractivity contribution is 6.43. The predicted molar refractivity (Wildman–Crippen MR) is 63.3 cm³/mol. The molecule has 0 aliphatic carbocycles. The van der Waals surface area contributed by atoms with Crippen molar-refractivity contribution in [3.05, 3.63) is 27.7 Å². The number of methoxy groups -OCH3 is 1. The molecular formula is C10H11Cl3O2. The third-order valence-corrected chi connectivity index (χ3v) is 3.17. The van der Waals surface area contributed by atoms with Crippen LogP contribution >= 0.6 is 34.8 Å². The Morgan fingerprint density at radius 2 is 1.87 bits per heavy atom. The number of ether oxygens (including phenoxy) is 1. The third kappa shape index (κ3) is 2.70. The molecule has 0 saturated carbocycles. The first-order chi connectivity index (χ1) is 6.99. The van der Waals surface area contributed by atoms with E-state index in [0.29, 0.717) is 11.3 Å². The molecule has 2 unspecified atom stereocenters. The van der Waals surface area contributed by atoms with Crippen LogP contribution in [0.5, 0.6) is 5.75 Å². The first kappa shape index (κ1) is 12.9. The topological polar surface area (TPSA) is 29.5 Å². The minimum atomic E-state index is -0.845. The molecule has 2 nitrogen and oxygen atoms in total. The van der Waals surface area contributed by atoms with Gasteiger partial charge in [0.25, 0.3) is 0 Å². The van der Waals surface area contributed by atoms with Crippen molar-refractivity contribution in [2.75, 3.05) is 7.11 Å². The number of hydrogen-bond donors (Lipinski definition) is 1. The SMILES string of the molecule is COc1ccc(C(O)C(C)Cl)c(Cl)c1Cl. The van der Waals surface area contributed by atoms with E-state index in [2.05, 4.69) is 0 Å². The lowest BCUT2D eigenvalue weighted by molar-refractivity contribution is 0.177. The fourth-order valence-electron chi connectivity index (χ4n) is 1.18. The van der Waals surface area contributed by atoms with Crippen LogP contribution in [0.4, 0.5) is 0 Å². The molecule has 0 spiro atoms. The Bertz CT molecular complexity index is 353. The van der Waals surface area contributed by atoms with Gasteiger partial charge in [-0.15, -0.1) is 11.6 Å². The molecule has 0 fully saturated rings. The van der Waals surface area contributed by atoms with Gasteiger partial charge in [0.05, 0.1) is 23.6 Å². The highest BCUT2D eigenvalue weighted by Crippen LogP contribution is 2.38. The van der Waals surface area contributed by atoms with Crippen LogP contribution in [0.3, 0.4) is 0 Å². The zero-order valence-corrected chi connectivity index (χ0v) is 10.6. The van der Waals surface area contributed by atoms with E-state index in [1.54, 1.807) is 19.1 Å². The van der Waals surface area contributed by atoms with Crippen molar-refractivity contribution in [3.63, 3.8) is 0 Å². The summed E-state index contributed by atoms with van der Waals surface area (Å²) in [7, 11) is 1.50. The molecule has 0 aromatic heterocycles. The molecule has 1 N–H and O–H groups in total. The minimum absolute atomic E-state index is 0.274. The monoisotopic (exact) mass is 268 g/mol. The van der Waals surface area contributed by atoms with Crippen LogP contribution in [0.25, 0.3) is 0 Å². The first-order valence-corrected chi connectivity index (χ1v) is 5.52. The van der Waals surface area contributed by atoms with Crippen LogP contribution in [0, 0.1) is 0 Å². The molecule has 0 saturated heterocycles. The van der Waals surface area contributed by atoms with Gasteiger partial charge in [0, 0.05) is 5.56 Å². The summed E-state index contributed by atoms with van der Waals surface area (Å²) in [6, 6.07) is 3.29. The lowest BCUT2D eigenvalue weighted by Crippen LogP contribution is -2.09. The second kappa shape index (κ2) is 5.26. The number of hydrogen-bond acceptors (Lipinski definition) is 2. The Hall–Kier alpha value is -0.150. The fourth-order valence-corrected chi connectivity index (χ4v) is 1.83. The molecule has 0 aliphatic rings. The average Bonchev–Trinajstić information content (AvgIpc) is 2.21. The predicted octanol–water partition coefficient (Wildman–Crippen LogP) is 3.66. The van der Waals surface area contributed by atoms with E-state index in [4.69, 9.17) is 39.5 Å². The standard InChI is InChI=1S/C10H11Cl3O2/c1-5(11)10(14)6-3-4-7(15-2)9(13)8(6)12/h3-5,10,14H,1-2H3. The molecular weight excluding hydrogens is 258 g/mol. The van der Waals surface area contributed by atoms with Gasteiger partial charge in [-0.05, 0) is 13.0 Å². The maximum atomic E-state index is 9.75. The third-order valence-electron chi connectivity index (χ3n) is 2.05. The first-order valence-electron chi connectivity index (χ1n) is 4.33. The minimum Gasteiger partial charge on any atom is -0.495 e. The van der Waals surface area contributed by atoms with Crippen LogP contribution < -0.4 is 4.74 Å². The Morgan fingerprint density at radius 3 is 2.33 bits per heavy atom. The van der Waals surface area contributed by atoms with Crippen LogP contribution in [0.2, 0.25) is 10.0 Å². The number of rotatable bonds is 3. The molecule has 1 rings (SSSR count). The van der Waals surface area contributed by atoms with Crippen molar-refractivity contribution in [2.24, 2.45) is 0 Å². The van der Waals surface area contributed by atoms with Crippen molar-refractivity contribution in [1.82, 2.24) is 0 Å². The van der Waals surface area contributed by atoms with Crippen LogP contribution in [-0.2, 0) is 0 Å². The van der Waals surface area contributed by atoms with Crippen LogP contribution in [0.15, 0.2) is 12.1 Å². The maximum Gasteiger partial charge on any atom is 0.139 e. The quantitative estimate of drug-likeness (QED) is 0.849. The molecule has 2 atom stereocenters. The number of aliphatic hydroxyl groups is 1. The van der Waals surface area contributed by atoms with E-state index in [0.717, 1.165) is 0 Å². The summed E-state index contributed by atoms with van der Waals surface area (Å²) in [5, 5.41) is 9.87. The smallest absolute Gasteiger partial charge is 0.139 e. The van der Waals surface area contributed by atoms with Crippen molar-refractivity contribution in [2.45, 2.75) is 18.4 Å². The summed E-state index contributed by atoms with van der Waals surface area (Å²) >= 11 is 17.7. The number of halogens is 3. The van der Waals surface area contributed by atoms with Gasteiger partial charge in [-0.2, -0.15) is 0 Å². The van der Waals surface area contributed by atoms with E-state index < -0.39 is 11.5 Å². The molecule has 0 aliphatic heterocycles. The van der Waals surface area contributed by atoms with E-state index in [1.165, 1.54) is 7.11 Å². The molecule has 1 aromatic carbocycles. The number of alkyl halides is 1. The average molecular weight is 270 g/mol. The van der Waals surface area contributed by atoms with Crippen molar-refractivity contribution < 1.29 is 9.84 Å². The lowest BCUT2D eigenvalue weighted by Gasteiger charge is -2.16. The van der Waals surface area contributed by atoms with Gasteiger partial charge in [-0.25, -0.2) is 0 Å². The van der Waals surface area contributed by atoms with Crippen LogP contribution in [0.1, 0.15) is 18.6 Å². The zero-order valence-electron chi connectivity index (χ0n) is 8.30. The van der Waals surface area contributed by atoms with Crippen LogP contribution in [-0.4, -0.2) is 17.6 Å². The highest BCUT2D eigenvalue weighted by Gasteiger charge is 2.20.